The molecule has 0 atom stereocenters. The van der Waals surface area contributed by atoms with Crippen molar-refractivity contribution < 1.29 is 22.0 Å². The van der Waals surface area contributed by atoms with Crippen LogP contribution in [0.1, 0.15) is 0 Å². The van der Waals surface area contributed by atoms with Gasteiger partial charge in [-0.2, -0.15) is 0 Å². The summed E-state index contributed by atoms with van der Waals surface area (Å²) < 4.78 is 0. The Hall–Kier alpha value is -2.22. The van der Waals surface area contributed by atoms with Gasteiger partial charge < -0.3 is 27.7 Å². The number of H-pyrrole nitrogens is 2. The third kappa shape index (κ3) is 3.58. The molecule has 126 valence electrons. The summed E-state index contributed by atoms with van der Waals surface area (Å²) in [5, 5.41) is 13.9. The predicted octanol–water partition coefficient (Wildman–Crippen LogP) is 2.37. The number of nitrogens with two attached hydrogens (primary N) is 1. The van der Waals surface area contributed by atoms with Crippen molar-refractivity contribution in [2.24, 2.45) is 10.2 Å². The first-order valence-electron chi connectivity index (χ1n) is 7.25. The highest BCUT2D eigenvalue weighted by Crippen LogP contribution is 2.31. The van der Waals surface area contributed by atoms with Crippen LogP contribution < -0.4 is 27.7 Å². The summed E-state index contributed by atoms with van der Waals surface area (Å²) >= 11 is 7.40. The lowest BCUT2D eigenvalue weighted by atomic mass is 10.2. The SMILES string of the molecule is Nc1[nH]c(/N=N/c2[nH+]c(-c3ccc(Cl)cc3)cs2)c2ccccc12.[Br-]. The number of nitrogens with one attached hydrogen (secondary N) is 2. The minimum Gasteiger partial charge on any atom is -1.00 e. The van der Waals surface area contributed by atoms with E-state index in [2.05, 4.69) is 20.2 Å². The van der Waals surface area contributed by atoms with Crippen molar-refractivity contribution in [2.45, 2.75) is 0 Å². The van der Waals surface area contributed by atoms with Crippen molar-refractivity contribution in [3.8, 4) is 11.3 Å². The molecule has 4 N–H and O–H groups in total. The lowest BCUT2D eigenvalue weighted by Crippen LogP contribution is -3.00. The Labute approximate surface area is 163 Å². The zero-order valence-corrected chi connectivity index (χ0v) is 16.0. The Morgan fingerprint density at radius 1 is 1.00 bits per heavy atom. The number of thiazole rings is 1. The second-order valence-electron chi connectivity index (χ2n) is 5.22. The number of halogens is 2. The van der Waals surface area contributed by atoms with Gasteiger partial charge in [0.1, 0.15) is 11.5 Å². The lowest BCUT2D eigenvalue weighted by Gasteiger charge is -1.93. The van der Waals surface area contributed by atoms with E-state index in [0.29, 0.717) is 21.8 Å². The summed E-state index contributed by atoms with van der Waals surface area (Å²) in [7, 11) is 0. The van der Waals surface area contributed by atoms with E-state index >= 15 is 0 Å². The zero-order valence-electron chi connectivity index (χ0n) is 12.8. The number of azo groups is 1. The molecular formula is C17H13BrClN5S. The zero-order chi connectivity index (χ0) is 16.5. The predicted molar refractivity (Wildman–Crippen MR) is 98.2 cm³/mol. The van der Waals surface area contributed by atoms with Crippen LogP contribution in [0, 0.1) is 0 Å². The molecule has 0 aliphatic carbocycles. The van der Waals surface area contributed by atoms with Gasteiger partial charge in [0.15, 0.2) is 5.82 Å². The van der Waals surface area contributed by atoms with Crippen LogP contribution in [0.5, 0.6) is 0 Å². The maximum absolute atomic E-state index is 5.97. The first kappa shape index (κ1) is 17.6. The van der Waals surface area contributed by atoms with Crippen molar-refractivity contribution in [3.63, 3.8) is 0 Å². The maximum atomic E-state index is 5.97. The molecule has 25 heavy (non-hydrogen) atoms. The smallest absolute Gasteiger partial charge is 0.406 e. The van der Waals surface area contributed by atoms with E-state index in [-0.39, 0.29) is 17.0 Å². The summed E-state index contributed by atoms with van der Waals surface area (Å²) in [6, 6.07) is 15.4. The Balaban J connectivity index is 0.00000182. The Kier molecular flexibility index (Phi) is 5.17. The largest absolute Gasteiger partial charge is 1.00 e. The highest BCUT2D eigenvalue weighted by Gasteiger charge is 2.12. The number of rotatable bonds is 3. The molecule has 0 bridgehead atoms. The van der Waals surface area contributed by atoms with Gasteiger partial charge in [0.25, 0.3) is 0 Å². The molecular weight excluding hydrogens is 422 g/mol. The molecule has 8 heteroatoms. The number of hydrogen-bond acceptors (Lipinski definition) is 4. The van der Waals surface area contributed by atoms with Gasteiger partial charge in [-0.15, -0.1) is 0 Å². The van der Waals surface area contributed by atoms with Gasteiger partial charge >= 0.3 is 5.13 Å². The molecule has 2 aromatic heterocycles. The van der Waals surface area contributed by atoms with Crippen LogP contribution in [0.3, 0.4) is 0 Å². The quantitative estimate of drug-likeness (QED) is 0.477. The van der Waals surface area contributed by atoms with Crippen LogP contribution in [0.2, 0.25) is 5.02 Å². The first-order valence-corrected chi connectivity index (χ1v) is 8.51. The van der Waals surface area contributed by atoms with Crippen LogP contribution in [0.25, 0.3) is 22.0 Å². The summed E-state index contributed by atoms with van der Waals surface area (Å²) in [5.41, 5.74) is 7.99. The van der Waals surface area contributed by atoms with Crippen LogP contribution in [-0.2, 0) is 0 Å². The third-order valence-electron chi connectivity index (χ3n) is 3.65. The van der Waals surface area contributed by atoms with Crippen molar-refractivity contribution in [3.05, 3.63) is 58.9 Å². The number of hydrogen-bond donors (Lipinski definition) is 2. The number of fused-ring (bicyclic) bond motifs is 1. The molecule has 0 saturated carbocycles. The topological polar surface area (TPSA) is 80.7 Å². The monoisotopic (exact) mass is 433 g/mol. The average molecular weight is 435 g/mol. The van der Waals surface area contributed by atoms with Crippen molar-refractivity contribution in [1.82, 2.24) is 4.98 Å². The van der Waals surface area contributed by atoms with Crippen LogP contribution in [-0.4, -0.2) is 4.98 Å². The van der Waals surface area contributed by atoms with Crippen molar-refractivity contribution in [1.29, 1.82) is 0 Å². The molecule has 5 nitrogen and oxygen atoms in total. The van der Waals surface area contributed by atoms with Gasteiger partial charge in [0.05, 0.1) is 5.11 Å². The van der Waals surface area contributed by atoms with E-state index < -0.39 is 0 Å². The molecule has 0 spiro atoms. The second kappa shape index (κ2) is 7.35. The van der Waals surface area contributed by atoms with Gasteiger partial charge in [-0.3, -0.25) is 0 Å². The minimum absolute atomic E-state index is 0. The van der Waals surface area contributed by atoms with Crippen molar-refractivity contribution in [2.75, 3.05) is 5.73 Å². The molecule has 0 aliphatic heterocycles. The maximum Gasteiger partial charge on any atom is 0.406 e. The van der Waals surface area contributed by atoms with Gasteiger partial charge in [-0.25, -0.2) is 4.98 Å². The molecule has 4 aromatic rings. The summed E-state index contributed by atoms with van der Waals surface area (Å²) in [5.74, 6) is 1.24. The van der Waals surface area contributed by atoms with Gasteiger partial charge in [-0.05, 0) is 40.7 Å². The van der Waals surface area contributed by atoms with Gasteiger partial charge in [0.2, 0.25) is 0 Å². The molecule has 0 fully saturated rings. The van der Waals surface area contributed by atoms with Gasteiger partial charge in [0, 0.05) is 26.7 Å². The van der Waals surface area contributed by atoms with E-state index in [4.69, 9.17) is 17.3 Å². The fraction of sp³-hybridized carbons (Fsp3) is 0. The first-order chi connectivity index (χ1) is 11.7. The number of benzene rings is 2. The molecule has 2 aromatic carbocycles. The Morgan fingerprint density at radius 3 is 2.48 bits per heavy atom. The number of aromatic nitrogens is 2. The Morgan fingerprint density at radius 2 is 1.72 bits per heavy atom. The van der Waals surface area contributed by atoms with Crippen LogP contribution in [0.15, 0.2) is 64.1 Å². The molecule has 4 rings (SSSR count). The fourth-order valence-electron chi connectivity index (χ4n) is 2.47. The number of aromatic amines is 2. The van der Waals surface area contributed by atoms with E-state index in [9.17, 15) is 0 Å². The van der Waals surface area contributed by atoms with Crippen LogP contribution >= 0.6 is 22.9 Å². The van der Waals surface area contributed by atoms with E-state index in [1.54, 1.807) is 0 Å². The number of anilines is 1. The molecule has 0 saturated heterocycles. The highest BCUT2D eigenvalue weighted by atomic mass is 79.9. The third-order valence-corrected chi connectivity index (χ3v) is 4.66. The van der Waals surface area contributed by atoms with Crippen molar-refractivity contribution >= 4 is 50.5 Å². The fourth-order valence-corrected chi connectivity index (χ4v) is 3.28. The van der Waals surface area contributed by atoms with E-state index in [1.165, 1.54) is 11.3 Å². The summed E-state index contributed by atoms with van der Waals surface area (Å²) in [4.78, 5) is 6.30. The molecule has 2 heterocycles. The number of nitrogens with zero attached hydrogens (tertiary/aromatic N) is 2. The lowest BCUT2D eigenvalue weighted by molar-refractivity contribution is -0.343. The molecule has 0 amide bonds. The normalized spacial score (nSPS) is 11.1. The number of nitrogen functional groups attached to an aromatic ring is 1. The average Bonchev–Trinajstić information content (AvgIpc) is 3.19. The standard InChI is InChI=1S/C17H12ClN5S.BrH/c18-11-7-5-10(6-8-11)14-9-24-17(20-14)23-22-16-13-4-2-1-3-12(13)15(19)21-16;/h1-9,21H,19H2;1H/b23-22+;. The van der Waals surface area contributed by atoms with Gasteiger partial charge in [-0.1, -0.05) is 35.9 Å². The van der Waals surface area contributed by atoms with E-state index in [0.717, 1.165) is 22.0 Å². The Bertz CT molecular complexity index is 1040. The van der Waals surface area contributed by atoms with E-state index in [1.807, 2.05) is 53.9 Å². The molecule has 0 radical (unpaired) electrons. The summed E-state index contributed by atoms with van der Waals surface area (Å²) in [6.07, 6.45) is 0. The second-order valence-corrected chi connectivity index (χ2v) is 6.51. The minimum atomic E-state index is 0. The highest BCUT2D eigenvalue weighted by molar-refractivity contribution is 7.13. The molecule has 0 unspecified atom stereocenters. The summed E-state index contributed by atoms with van der Waals surface area (Å²) in [6.45, 7) is 0. The molecule has 0 aliphatic rings. The van der Waals surface area contributed by atoms with Crippen LogP contribution in [0.4, 0.5) is 16.8 Å².